The fourth-order valence-electron chi connectivity index (χ4n) is 2.45. The van der Waals surface area contributed by atoms with Crippen LogP contribution in [0.15, 0.2) is 53.7 Å². The lowest BCUT2D eigenvalue weighted by molar-refractivity contribution is -0.131. The Balaban J connectivity index is 1.50. The molecule has 0 saturated heterocycles. The summed E-state index contributed by atoms with van der Waals surface area (Å²) in [6.45, 7) is 0.560. The van der Waals surface area contributed by atoms with Crippen LogP contribution in [0, 0.1) is 0 Å². The number of amides is 1. The molecule has 24 heavy (non-hydrogen) atoms. The lowest BCUT2D eigenvalue weighted by Crippen LogP contribution is -2.36. The van der Waals surface area contributed by atoms with Gasteiger partial charge in [0.2, 0.25) is 6.10 Å². The monoisotopic (exact) mass is 362 g/mol. The minimum atomic E-state index is -0.606. The van der Waals surface area contributed by atoms with Gasteiger partial charge in [0.25, 0.3) is 5.91 Å². The van der Waals surface area contributed by atoms with Gasteiger partial charge in [0.05, 0.1) is 15.8 Å². The first-order valence-electron chi connectivity index (χ1n) is 7.63. The maximum atomic E-state index is 12.2. The van der Waals surface area contributed by atoms with Crippen molar-refractivity contribution in [2.75, 3.05) is 6.54 Å². The largest absolute Gasteiger partial charge is 0.382 e. The first-order chi connectivity index (χ1) is 11.6. The molecule has 1 unspecified atom stereocenters. The molecule has 1 aliphatic heterocycles. The van der Waals surface area contributed by atoms with E-state index in [1.165, 1.54) is 5.56 Å². The van der Waals surface area contributed by atoms with Crippen LogP contribution in [-0.4, -0.2) is 24.3 Å². The number of rotatable bonds is 5. The van der Waals surface area contributed by atoms with Gasteiger partial charge in [-0.3, -0.25) is 4.79 Å². The summed E-state index contributed by atoms with van der Waals surface area (Å²) in [6.07, 6.45) is 0.583. The third kappa shape index (κ3) is 4.08. The molecule has 0 radical (unpaired) electrons. The number of oxime groups is 1. The van der Waals surface area contributed by atoms with E-state index in [4.69, 9.17) is 28.0 Å². The molecule has 3 rings (SSSR count). The van der Waals surface area contributed by atoms with Crippen molar-refractivity contribution in [2.24, 2.45) is 5.16 Å². The SMILES string of the molecule is O=C(NCCc1ccccc1)C1CC(c2ccc(Cl)c(Cl)c2)=NO1. The second-order valence-corrected chi connectivity index (χ2v) is 6.31. The van der Waals surface area contributed by atoms with Crippen LogP contribution in [0.2, 0.25) is 10.0 Å². The van der Waals surface area contributed by atoms with Crippen molar-refractivity contribution < 1.29 is 9.63 Å². The van der Waals surface area contributed by atoms with Crippen molar-refractivity contribution in [1.29, 1.82) is 0 Å². The molecular formula is C18H16Cl2N2O2. The molecule has 124 valence electrons. The highest BCUT2D eigenvalue weighted by atomic mass is 35.5. The van der Waals surface area contributed by atoms with Crippen LogP contribution in [0.4, 0.5) is 0 Å². The van der Waals surface area contributed by atoms with Crippen LogP contribution in [0.5, 0.6) is 0 Å². The van der Waals surface area contributed by atoms with Crippen molar-refractivity contribution in [3.05, 3.63) is 69.7 Å². The minimum Gasteiger partial charge on any atom is -0.382 e. The summed E-state index contributed by atoms with van der Waals surface area (Å²) in [5, 5.41) is 7.81. The number of carbonyl (C=O) groups excluding carboxylic acids is 1. The van der Waals surface area contributed by atoms with E-state index < -0.39 is 6.10 Å². The normalized spacial score (nSPS) is 16.4. The summed E-state index contributed by atoms with van der Waals surface area (Å²) >= 11 is 11.9. The molecule has 1 amide bonds. The predicted molar refractivity (Wildman–Crippen MR) is 95.6 cm³/mol. The van der Waals surface area contributed by atoms with E-state index in [1.54, 1.807) is 12.1 Å². The predicted octanol–water partition coefficient (Wildman–Crippen LogP) is 3.85. The van der Waals surface area contributed by atoms with Gasteiger partial charge in [0, 0.05) is 18.5 Å². The van der Waals surface area contributed by atoms with E-state index in [1.807, 2.05) is 36.4 Å². The molecule has 0 bridgehead atoms. The Morgan fingerprint density at radius 2 is 1.96 bits per heavy atom. The molecule has 2 aromatic rings. The van der Waals surface area contributed by atoms with Gasteiger partial charge in [-0.1, -0.05) is 64.8 Å². The average Bonchev–Trinajstić information content (AvgIpc) is 3.08. The zero-order valence-electron chi connectivity index (χ0n) is 12.8. The number of halogens is 2. The quantitative estimate of drug-likeness (QED) is 0.878. The molecule has 1 heterocycles. The van der Waals surface area contributed by atoms with Crippen molar-refractivity contribution in [3.63, 3.8) is 0 Å². The molecule has 0 aromatic heterocycles. The Kier molecular flexibility index (Phi) is 5.38. The lowest BCUT2D eigenvalue weighted by Gasteiger charge is -2.09. The van der Waals surface area contributed by atoms with E-state index in [-0.39, 0.29) is 5.91 Å². The molecule has 4 nitrogen and oxygen atoms in total. The maximum absolute atomic E-state index is 12.2. The molecule has 6 heteroatoms. The Bertz CT molecular complexity index is 763. The van der Waals surface area contributed by atoms with Gasteiger partial charge in [-0.15, -0.1) is 0 Å². The zero-order chi connectivity index (χ0) is 16.9. The fraction of sp³-hybridized carbons (Fsp3) is 0.222. The second-order valence-electron chi connectivity index (χ2n) is 5.49. The Hall–Kier alpha value is -2.04. The van der Waals surface area contributed by atoms with Gasteiger partial charge >= 0.3 is 0 Å². The number of nitrogens with zero attached hydrogens (tertiary/aromatic N) is 1. The van der Waals surface area contributed by atoms with Gasteiger partial charge in [0.1, 0.15) is 0 Å². The van der Waals surface area contributed by atoms with E-state index in [9.17, 15) is 4.79 Å². The van der Waals surface area contributed by atoms with Gasteiger partial charge in [-0.05, 0) is 24.1 Å². The van der Waals surface area contributed by atoms with E-state index in [0.29, 0.717) is 28.7 Å². The van der Waals surface area contributed by atoms with E-state index >= 15 is 0 Å². The van der Waals surface area contributed by atoms with Crippen molar-refractivity contribution in [3.8, 4) is 0 Å². The topological polar surface area (TPSA) is 50.7 Å². The third-order valence-electron chi connectivity index (χ3n) is 3.77. The van der Waals surface area contributed by atoms with E-state index in [0.717, 1.165) is 12.0 Å². The Morgan fingerprint density at radius 1 is 1.17 bits per heavy atom. The smallest absolute Gasteiger partial charge is 0.264 e. The van der Waals surface area contributed by atoms with Gasteiger partial charge < -0.3 is 10.2 Å². The summed E-state index contributed by atoms with van der Waals surface area (Å²) in [6, 6.07) is 15.2. The molecule has 1 N–H and O–H groups in total. The summed E-state index contributed by atoms with van der Waals surface area (Å²) < 4.78 is 0. The van der Waals surface area contributed by atoms with Crippen LogP contribution in [0.25, 0.3) is 0 Å². The van der Waals surface area contributed by atoms with Crippen LogP contribution in [0.3, 0.4) is 0 Å². The Labute approximate surface area is 150 Å². The van der Waals surface area contributed by atoms with Gasteiger partial charge in [-0.2, -0.15) is 0 Å². The first kappa shape index (κ1) is 16.8. The number of hydrogen-bond acceptors (Lipinski definition) is 3. The number of hydrogen-bond donors (Lipinski definition) is 1. The summed E-state index contributed by atoms with van der Waals surface area (Å²) in [5.41, 5.74) is 2.68. The summed E-state index contributed by atoms with van der Waals surface area (Å²) in [7, 11) is 0. The lowest BCUT2D eigenvalue weighted by atomic mass is 10.0. The summed E-state index contributed by atoms with van der Waals surface area (Å²) in [5.74, 6) is -0.162. The molecule has 0 saturated carbocycles. The van der Waals surface area contributed by atoms with Crippen molar-refractivity contribution in [2.45, 2.75) is 18.9 Å². The third-order valence-corrected chi connectivity index (χ3v) is 4.51. The summed E-state index contributed by atoms with van der Waals surface area (Å²) in [4.78, 5) is 17.4. The minimum absolute atomic E-state index is 0.162. The molecule has 1 aliphatic rings. The molecule has 2 aromatic carbocycles. The zero-order valence-corrected chi connectivity index (χ0v) is 14.3. The number of nitrogens with one attached hydrogen (secondary N) is 1. The van der Waals surface area contributed by atoms with Crippen LogP contribution >= 0.6 is 23.2 Å². The molecule has 0 spiro atoms. The maximum Gasteiger partial charge on any atom is 0.264 e. The van der Waals surface area contributed by atoms with Crippen LogP contribution in [0.1, 0.15) is 17.5 Å². The molecule has 0 aliphatic carbocycles. The number of benzene rings is 2. The second kappa shape index (κ2) is 7.69. The fourth-order valence-corrected chi connectivity index (χ4v) is 2.75. The molecule has 0 fully saturated rings. The first-order valence-corrected chi connectivity index (χ1v) is 8.39. The Morgan fingerprint density at radius 3 is 2.71 bits per heavy atom. The highest BCUT2D eigenvalue weighted by Gasteiger charge is 2.28. The van der Waals surface area contributed by atoms with E-state index in [2.05, 4.69) is 10.5 Å². The number of carbonyl (C=O) groups is 1. The van der Waals surface area contributed by atoms with Crippen molar-refractivity contribution >= 4 is 34.8 Å². The average molecular weight is 363 g/mol. The van der Waals surface area contributed by atoms with Crippen molar-refractivity contribution in [1.82, 2.24) is 5.32 Å². The van der Waals surface area contributed by atoms with Gasteiger partial charge in [-0.25, -0.2) is 0 Å². The molecule has 1 atom stereocenters. The highest BCUT2D eigenvalue weighted by Crippen LogP contribution is 2.25. The molecular weight excluding hydrogens is 347 g/mol. The van der Waals surface area contributed by atoms with Crippen LogP contribution < -0.4 is 5.32 Å². The van der Waals surface area contributed by atoms with Crippen LogP contribution in [-0.2, 0) is 16.1 Å². The highest BCUT2D eigenvalue weighted by molar-refractivity contribution is 6.42. The van der Waals surface area contributed by atoms with Gasteiger partial charge in [0.15, 0.2) is 0 Å². The standard InChI is InChI=1S/C18H16Cl2N2O2/c19-14-7-6-13(10-15(14)20)16-11-17(24-22-16)18(23)21-9-8-12-4-2-1-3-5-12/h1-7,10,17H,8-9,11H2,(H,21,23).